The Kier molecular flexibility index (Phi) is 3.08. The molecule has 136 valence electrons. The summed E-state index contributed by atoms with van der Waals surface area (Å²) in [6.45, 7) is 0. The molecule has 0 N–H and O–H groups in total. The summed E-state index contributed by atoms with van der Waals surface area (Å²) in [6.07, 6.45) is 0. The highest BCUT2D eigenvalue weighted by molar-refractivity contribution is 9.10. The number of hydrogen-bond acceptors (Lipinski definition) is 1. The molecule has 0 bridgehead atoms. The van der Waals surface area contributed by atoms with E-state index in [4.69, 9.17) is 0 Å². The zero-order valence-corrected chi connectivity index (χ0v) is 17.7. The minimum atomic E-state index is 1.13. The third kappa shape index (κ3) is 1.99. The summed E-state index contributed by atoms with van der Waals surface area (Å²) in [7, 11) is 0. The van der Waals surface area contributed by atoms with E-state index < -0.39 is 0 Å². The Hall–Kier alpha value is -2.88. The number of benzene rings is 4. The smallest absolute Gasteiger partial charge is 0.0734 e. The number of rotatable bonds is 0. The molecule has 4 aromatic carbocycles. The summed E-state index contributed by atoms with van der Waals surface area (Å²) in [5, 5.41) is 7.83. The summed E-state index contributed by atoms with van der Waals surface area (Å²) in [4.78, 5) is 0. The van der Waals surface area contributed by atoms with E-state index in [-0.39, 0.29) is 0 Å². The van der Waals surface area contributed by atoms with Gasteiger partial charge in [0.25, 0.3) is 0 Å². The molecule has 0 spiro atoms. The number of thiophene rings is 1. The highest BCUT2D eigenvalue weighted by atomic mass is 79.9. The Balaban J connectivity index is 2.03. The van der Waals surface area contributed by atoms with Crippen molar-refractivity contribution >= 4 is 85.5 Å². The lowest BCUT2D eigenvalue weighted by Gasteiger charge is -2.09. The third-order valence-corrected chi connectivity index (χ3v) is 7.61. The average Bonchev–Trinajstić information content (AvgIpc) is 3.26. The van der Waals surface area contributed by atoms with Crippen molar-refractivity contribution in [2.45, 2.75) is 0 Å². The monoisotopic (exact) mass is 451 g/mol. The fraction of sp³-hybridized carbons (Fsp3) is 0. The van der Waals surface area contributed by atoms with Gasteiger partial charge in [-0.3, -0.25) is 0 Å². The van der Waals surface area contributed by atoms with Crippen LogP contribution in [0.3, 0.4) is 0 Å². The van der Waals surface area contributed by atoms with Crippen LogP contribution in [0.5, 0.6) is 0 Å². The van der Waals surface area contributed by atoms with Gasteiger partial charge in [0.2, 0.25) is 0 Å². The molecule has 0 aliphatic rings. The maximum absolute atomic E-state index is 3.77. The lowest BCUT2D eigenvalue weighted by molar-refractivity contribution is 1.36. The Morgan fingerprint density at radius 2 is 1.21 bits per heavy atom. The number of halogens is 1. The number of para-hydroxylation sites is 2. The molecule has 3 heteroatoms. The van der Waals surface area contributed by atoms with Crippen LogP contribution < -0.4 is 0 Å². The minimum absolute atomic E-state index is 1.13. The standard InChI is InChI=1S/C26H14BrNS/c27-15-13-20-17-8-2-1-7-16(17)18-9-3-5-11-21(18)28-22-12-6-4-10-19(22)26-25(28)24(20)23(14-15)29-26/h1-14H. The van der Waals surface area contributed by atoms with Crippen molar-refractivity contribution in [2.24, 2.45) is 0 Å². The molecular formula is C26H14BrNS. The molecule has 7 rings (SSSR count). The second-order valence-electron chi connectivity index (χ2n) is 7.52. The van der Waals surface area contributed by atoms with Gasteiger partial charge in [-0.1, -0.05) is 76.6 Å². The lowest BCUT2D eigenvalue weighted by Crippen LogP contribution is -1.88. The Bertz CT molecular complexity index is 1770. The van der Waals surface area contributed by atoms with E-state index in [1.165, 1.54) is 58.3 Å². The van der Waals surface area contributed by atoms with Gasteiger partial charge < -0.3 is 4.40 Å². The summed E-state index contributed by atoms with van der Waals surface area (Å²) in [5.74, 6) is 0. The zero-order valence-electron chi connectivity index (χ0n) is 15.3. The van der Waals surface area contributed by atoms with Crippen molar-refractivity contribution in [1.82, 2.24) is 4.40 Å². The van der Waals surface area contributed by atoms with E-state index in [9.17, 15) is 0 Å². The first kappa shape index (κ1) is 16.0. The van der Waals surface area contributed by atoms with Crippen LogP contribution in [0.1, 0.15) is 0 Å². The molecule has 1 nitrogen and oxygen atoms in total. The summed E-state index contributed by atoms with van der Waals surface area (Å²) >= 11 is 5.67. The molecule has 0 aliphatic carbocycles. The van der Waals surface area contributed by atoms with Gasteiger partial charge in [0.1, 0.15) is 0 Å². The van der Waals surface area contributed by atoms with Crippen LogP contribution >= 0.6 is 27.3 Å². The van der Waals surface area contributed by atoms with Gasteiger partial charge in [0.05, 0.1) is 21.3 Å². The third-order valence-electron chi connectivity index (χ3n) is 6.00. The molecule has 29 heavy (non-hydrogen) atoms. The van der Waals surface area contributed by atoms with Gasteiger partial charge in [0.15, 0.2) is 0 Å². The Labute approximate surface area is 178 Å². The molecule has 0 atom stereocenters. The van der Waals surface area contributed by atoms with E-state index >= 15 is 0 Å². The average molecular weight is 452 g/mol. The predicted octanol–water partition coefficient (Wildman–Crippen LogP) is 8.53. The molecule has 0 saturated carbocycles. The van der Waals surface area contributed by atoms with Crippen LogP contribution in [0.25, 0.3) is 58.3 Å². The van der Waals surface area contributed by atoms with E-state index in [0.717, 1.165) is 4.47 Å². The molecule has 7 aromatic rings. The van der Waals surface area contributed by atoms with Crippen molar-refractivity contribution in [2.75, 3.05) is 0 Å². The zero-order chi connectivity index (χ0) is 19.1. The molecule has 0 unspecified atom stereocenters. The molecular weight excluding hydrogens is 438 g/mol. The topological polar surface area (TPSA) is 4.41 Å². The van der Waals surface area contributed by atoms with E-state index in [0.29, 0.717) is 0 Å². The van der Waals surface area contributed by atoms with Crippen LogP contribution in [0.4, 0.5) is 0 Å². The first-order valence-electron chi connectivity index (χ1n) is 9.65. The van der Waals surface area contributed by atoms with Gasteiger partial charge in [0, 0.05) is 25.3 Å². The van der Waals surface area contributed by atoms with Crippen LogP contribution in [-0.4, -0.2) is 4.40 Å². The fourth-order valence-corrected chi connectivity index (χ4v) is 6.76. The fourth-order valence-electron chi connectivity index (χ4n) is 4.87. The van der Waals surface area contributed by atoms with Crippen molar-refractivity contribution in [1.29, 1.82) is 0 Å². The molecule has 3 heterocycles. The van der Waals surface area contributed by atoms with Crippen molar-refractivity contribution in [3.63, 3.8) is 0 Å². The number of aromatic nitrogens is 1. The minimum Gasteiger partial charge on any atom is -0.307 e. The molecule has 0 saturated heterocycles. The van der Waals surface area contributed by atoms with Crippen LogP contribution in [0.2, 0.25) is 0 Å². The highest BCUT2D eigenvalue weighted by Crippen LogP contribution is 2.46. The number of fused-ring (bicyclic) bond motifs is 8. The van der Waals surface area contributed by atoms with E-state index in [2.05, 4.69) is 105 Å². The SMILES string of the molecule is Brc1cc2sc3c4ccccc4n4c5ccccc5c5ccccc5c(c1)c2c34. The summed E-state index contributed by atoms with van der Waals surface area (Å²) < 4.78 is 6.30. The van der Waals surface area contributed by atoms with Crippen molar-refractivity contribution in [3.05, 3.63) is 89.4 Å². The van der Waals surface area contributed by atoms with E-state index in [1.807, 2.05) is 11.3 Å². The largest absolute Gasteiger partial charge is 0.307 e. The quantitative estimate of drug-likeness (QED) is 0.217. The molecule has 0 fully saturated rings. The Morgan fingerprint density at radius 1 is 0.621 bits per heavy atom. The van der Waals surface area contributed by atoms with E-state index in [1.54, 1.807) is 0 Å². The number of hydrogen-bond donors (Lipinski definition) is 0. The van der Waals surface area contributed by atoms with Gasteiger partial charge in [-0.15, -0.1) is 11.3 Å². The molecule has 0 radical (unpaired) electrons. The van der Waals surface area contributed by atoms with Gasteiger partial charge in [-0.05, 0) is 40.4 Å². The first-order valence-corrected chi connectivity index (χ1v) is 11.3. The molecule has 0 aliphatic heterocycles. The lowest BCUT2D eigenvalue weighted by atomic mass is 10.0. The second kappa shape index (κ2) is 5.59. The maximum atomic E-state index is 3.77. The van der Waals surface area contributed by atoms with Crippen molar-refractivity contribution in [3.8, 4) is 0 Å². The Morgan fingerprint density at radius 3 is 1.97 bits per heavy atom. The summed E-state index contributed by atoms with van der Waals surface area (Å²) in [6, 6.07) is 30.9. The highest BCUT2D eigenvalue weighted by Gasteiger charge is 2.19. The predicted molar refractivity (Wildman–Crippen MR) is 131 cm³/mol. The molecule has 0 amide bonds. The summed E-state index contributed by atoms with van der Waals surface area (Å²) in [5.41, 5.74) is 3.85. The van der Waals surface area contributed by atoms with Crippen LogP contribution in [-0.2, 0) is 0 Å². The first-order chi connectivity index (χ1) is 14.3. The second-order valence-corrected chi connectivity index (χ2v) is 9.49. The van der Waals surface area contributed by atoms with Crippen LogP contribution in [0, 0.1) is 0 Å². The molecule has 3 aromatic heterocycles. The maximum Gasteiger partial charge on any atom is 0.0734 e. The van der Waals surface area contributed by atoms with Crippen molar-refractivity contribution < 1.29 is 0 Å². The normalized spacial score (nSPS) is 12.3. The van der Waals surface area contributed by atoms with Gasteiger partial charge in [-0.25, -0.2) is 0 Å². The van der Waals surface area contributed by atoms with Gasteiger partial charge >= 0.3 is 0 Å². The van der Waals surface area contributed by atoms with Gasteiger partial charge in [-0.2, -0.15) is 0 Å². The number of nitrogens with zero attached hydrogens (tertiary/aromatic N) is 1. The van der Waals surface area contributed by atoms with Crippen LogP contribution in [0.15, 0.2) is 89.4 Å².